The lowest BCUT2D eigenvalue weighted by molar-refractivity contribution is 0.0732. The standard InChI is InChI=1S/C24H20O5S/c1-14(2)17-10-8-15(3)12-20(17)29-24(26)16-9-11-19-22(13-16)30(27,28)21-7-5-4-6-18(21)23(19)25/h4-14H,1-3H3. The van der Waals surface area contributed by atoms with Crippen molar-refractivity contribution >= 4 is 21.6 Å². The highest BCUT2D eigenvalue weighted by atomic mass is 32.2. The van der Waals surface area contributed by atoms with Crippen molar-refractivity contribution < 1.29 is 22.7 Å². The molecule has 0 aromatic heterocycles. The number of ketones is 1. The number of sulfone groups is 1. The number of hydrogen-bond donors (Lipinski definition) is 0. The highest BCUT2D eigenvalue weighted by molar-refractivity contribution is 7.91. The predicted molar refractivity (Wildman–Crippen MR) is 112 cm³/mol. The first-order chi connectivity index (χ1) is 14.2. The average molecular weight is 420 g/mol. The third-order valence-electron chi connectivity index (χ3n) is 5.17. The second-order valence-corrected chi connectivity index (χ2v) is 9.51. The molecule has 0 atom stereocenters. The van der Waals surface area contributed by atoms with Gasteiger partial charge in [-0.3, -0.25) is 4.79 Å². The minimum Gasteiger partial charge on any atom is -0.423 e. The molecule has 0 N–H and O–H groups in total. The number of aryl methyl sites for hydroxylation is 1. The summed E-state index contributed by atoms with van der Waals surface area (Å²) in [5.74, 6) is -0.466. The number of esters is 1. The van der Waals surface area contributed by atoms with E-state index in [9.17, 15) is 18.0 Å². The van der Waals surface area contributed by atoms with Gasteiger partial charge in [-0.25, -0.2) is 13.2 Å². The van der Waals surface area contributed by atoms with Crippen LogP contribution in [-0.2, 0) is 9.84 Å². The number of hydrogen-bond acceptors (Lipinski definition) is 5. The Morgan fingerprint density at radius 2 is 1.60 bits per heavy atom. The van der Waals surface area contributed by atoms with Crippen LogP contribution in [0.1, 0.15) is 57.2 Å². The summed E-state index contributed by atoms with van der Waals surface area (Å²) in [5, 5.41) is 0. The van der Waals surface area contributed by atoms with Crippen molar-refractivity contribution in [2.45, 2.75) is 36.5 Å². The minimum atomic E-state index is -3.92. The van der Waals surface area contributed by atoms with E-state index in [4.69, 9.17) is 4.74 Å². The van der Waals surface area contributed by atoms with E-state index in [0.29, 0.717) is 5.75 Å². The topological polar surface area (TPSA) is 77.5 Å². The van der Waals surface area contributed by atoms with E-state index in [-0.39, 0.29) is 38.2 Å². The molecule has 0 bridgehead atoms. The molecule has 1 heterocycles. The maximum absolute atomic E-state index is 13.1. The van der Waals surface area contributed by atoms with Crippen LogP contribution < -0.4 is 4.74 Å². The van der Waals surface area contributed by atoms with Crippen LogP contribution in [0.4, 0.5) is 0 Å². The molecule has 1 aliphatic rings. The fourth-order valence-corrected chi connectivity index (χ4v) is 5.25. The molecule has 0 amide bonds. The van der Waals surface area contributed by atoms with E-state index >= 15 is 0 Å². The Morgan fingerprint density at radius 1 is 0.900 bits per heavy atom. The predicted octanol–water partition coefficient (Wildman–Crippen LogP) is 4.71. The van der Waals surface area contributed by atoms with E-state index < -0.39 is 15.8 Å². The normalized spacial score (nSPS) is 14.2. The van der Waals surface area contributed by atoms with Crippen LogP contribution in [0.5, 0.6) is 5.75 Å². The van der Waals surface area contributed by atoms with Gasteiger partial charge in [0, 0.05) is 11.1 Å². The summed E-state index contributed by atoms with van der Waals surface area (Å²) in [6.45, 7) is 5.89. The number of rotatable bonds is 3. The van der Waals surface area contributed by atoms with E-state index in [1.54, 1.807) is 18.2 Å². The van der Waals surface area contributed by atoms with Gasteiger partial charge in [0.25, 0.3) is 0 Å². The van der Waals surface area contributed by atoms with Crippen LogP contribution in [0, 0.1) is 6.92 Å². The lowest BCUT2D eigenvalue weighted by Gasteiger charge is -2.19. The molecule has 0 aliphatic carbocycles. The lowest BCUT2D eigenvalue weighted by atomic mass is 10.0. The molecule has 6 heteroatoms. The Kier molecular flexibility index (Phi) is 4.82. The molecule has 30 heavy (non-hydrogen) atoms. The Morgan fingerprint density at radius 3 is 2.33 bits per heavy atom. The van der Waals surface area contributed by atoms with Crippen LogP contribution >= 0.6 is 0 Å². The maximum atomic E-state index is 13.1. The van der Waals surface area contributed by atoms with E-state index in [0.717, 1.165) is 11.1 Å². The van der Waals surface area contributed by atoms with Crippen molar-refractivity contribution in [3.63, 3.8) is 0 Å². The summed E-state index contributed by atoms with van der Waals surface area (Å²) < 4.78 is 31.7. The number of benzene rings is 3. The van der Waals surface area contributed by atoms with Crippen molar-refractivity contribution in [2.24, 2.45) is 0 Å². The largest absolute Gasteiger partial charge is 0.423 e. The van der Waals surface area contributed by atoms with Gasteiger partial charge in [0.2, 0.25) is 9.84 Å². The van der Waals surface area contributed by atoms with Crippen LogP contribution in [-0.4, -0.2) is 20.2 Å². The maximum Gasteiger partial charge on any atom is 0.343 e. The van der Waals surface area contributed by atoms with Gasteiger partial charge in [-0.05, 0) is 60.4 Å². The van der Waals surface area contributed by atoms with E-state index in [1.807, 2.05) is 32.9 Å². The summed E-state index contributed by atoms with van der Waals surface area (Å²) in [5.41, 5.74) is 2.09. The summed E-state index contributed by atoms with van der Waals surface area (Å²) >= 11 is 0. The van der Waals surface area contributed by atoms with Gasteiger partial charge in [-0.15, -0.1) is 0 Å². The quantitative estimate of drug-likeness (QED) is 0.354. The molecule has 0 fully saturated rings. The molecule has 3 aromatic carbocycles. The fourth-order valence-electron chi connectivity index (χ4n) is 3.58. The summed E-state index contributed by atoms with van der Waals surface area (Å²) in [6, 6.07) is 15.7. The number of carbonyl (C=O) groups is 2. The van der Waals surface area contributed by atoms with Crippen molar-refractivity contribution in [1.82, 2.24) is 0 Å². The molecule has 0 spiro atoms. The molecular formula is C24H20O5S. The molecule has 0 saturated carbocycles. The summed E-state index contributed by atoms with van der Waals surface area (Å²) in [6.07, 6.45) is 0. The van der Waals surface area contributed by atoms with Crippen molar-refractivity contribution in [1.29, 1.82) is 0 Å². The Hall–Kier alpha value is -3.25. The summed E-state index contributed by atoms with van der Waals surface area (Å²) in [7, 11) is -3.92. The minimum absolute atomic E-state index is 0.0474. The van der Waals surface area contributed by atoms with Gasteiger partial charge in [0.1, 0.15) is 5.75 Å². The zero-order chi connectivity index (χ0) is 21.6. The van der Waals surface area contributed by atoms with Crippen molar-refractivity contribution in [3.05, 3.63) is 88.5 Å². The average Bonchev–Trinajstić information content (AvgIpc) is 2.72. The lowest BCUT2D eigenvalue weighted by Crippen LogP contribution is -2.21. The fraction of sp³-hybridized carbons (Fsp3) is 0.167. The van der Waals surface area contributed by atoms with Gasteiger partial charge in [0.05, 0.1) is 15.4 Å². The first kappa shape index (κ1) is 20.0. The molecule has 0 saturated heterocycles. The Labute approximate surface area is 175 Å². The molecule has 4 rings (SSSR count). The highest BCUT2D eigenvalue weighted by Gasteiger charge is 2.35. The first-order valence-electron chi connectivity index (χ1n) is 9.55. The van der Waals surface area contributed by atoms with Crippen LogP contribution in [0.25, 0.3) is 0 Å². The monoisotopic (exact) mass is 420 g/mol. The highest BCUT2D eigenvalue weighted by Crippen LogP contribution is 2.35. The number of fused-ring (bicyclic) bond motifs is 2. The molecule has 0 unspecified atom stereocenters. The molecule has 1 aliphatic heterocycles. The van der Waals surface area contributed by atoms with Gasteiger partial charge in [-0.2, -0.15) is 0 Å². The third kappa shape index (κ3) is 3.23. The zero-order valence-corrected chi connectivity index (χ0v) is 17.6. The van der Waals surface area contributed by atoms with E-state index in [1.165, 1.54) is 30.3 Å². The van der Waals surface area contributed by atoms with Crippen molar-refractivity contribution in [3.8, 4) is 5.75 Å². The van der Waals surface area contributed by atoms with Gasteiger partial charge in [0.15, 0.2) is 5.78 Å². The third-order valence-corrected chi connectivity index (χ3v) is 7.02. The second kappa shape index (κ2) is 7.22. The second-order valence-electron chi connectivity index (χ2n) is 7.63. The van der Waals surface area contributed by atoms with Gasteiger partial charge >= 0.3 is 5.97 Å². The van der Waals surface area contributed by atoms with Crippen LogP contribution in [0.3, 0.4) is 0 Å². The van der Waals surface area contributed by atoms with Crippen LogP contribution in [0.15, 0.2) is 70.5 Å². The Bertz CT molecular complexity index is 1300. The molecule has 5 nitrogen and oxygen atoms in total. The summed E-state index contributed by atoms with van der Waals surface area (Å²) in [4.78, 5) is 25.3. The van der Waals surface area contributed by atoms with Crippen molar-refractivity contribution in [2.75, 3.05) is 0 Å². The SMILES string of the molecule is Cc1ccc(C(C)C)c(OC(=O)c2ccc3c(c2)S(=O)(=O)c2ccccc2C3=O)c1. The van der Waals surface area contributed by atoms with Gasteiger partial charge in [-0.1, -0.05) is 38.1 Å². The Balaban J connectivity index is 1.76. The van der Waals surface area contributed by atoms with E-state index in [2.05, 4.69) is 0 Å². The molecular weight excluding hydrogens is 400 g/mol. The zero-order valence-electron chi connectivity index (χ0n) is 16.8. The van der Waals surface area contributed by atoms with Gasteiger partial charge < -0.3 is 4.74 Å². The molecule has 152 valence electrons. The number of carbonyl (C=O) groups excluding carboxylic acids is 2. The molecule has 0 radical (unpaired) electrons. The first-order valence-corrected chi connectivity index (χ1v) is 11.0. The smallest absolute Gasteiger partial charge is 0.343 e. The molecule has 3 aromatic rings. The number of ether oxygens (including phenoxy) is 1. The van der Waals surface area contributed by atoms with Crippen LogP contribution in [0.2, 0.25) is 0 Å².